The molecule has 4 heteroatoms. The molecule has 0 aliphatic heterocycles. The molecule has 0 aromatic carbocycles. The van der Waals surface area contributed by atoms with Crippen molar-refractivity contribution < 1.29 is 14.6 Å². The lowest BCUT2D eigenvalue weighted by molar-refractivity contribution is -0.0601. The lowest BCUT2D eigenvalue weighted by atomic mass is 9.47. The summed E-state index contributed by atoms with van der Waals surface area (Å²) in [4.78, 5) is 11.0. The number of rotatable bonds is 6. The highest BCUT2D eigenvalue weighted by molar-refractivity contribution is 5.57. The number of carboxylic acid groups (broad SMARTS) is 1. The maximum Gasteiger partial charge on any atom is 0.506 e. The molecule has 4 N–H and O–H groups in total. The fraction of sp³-hybridized carbons (Fsp3) is 0.893. The molecule has 0 saturated heterocycles. The minimum absolute atomic E-state index is 0. The highest BCUT2D eigenvalue weighted by Crippen LogP contribution is 2.67. The number of hydrogen-bond acceptors (Lipinski definition) is 3. The van der Waals surface area contributed by atoms with Gasteiger partial charge < -0.3 is 16.0 Å². The molecule has 4 rings (SSSR count). The van der Waals surface area contributed by atoms with Gasteiger partial charge in [-0.1, -0.05) is 65.5 Å². The van der Waals surface area contributed by atoms with E-state index in [1.807, 2.05) is 0 Å². The monoisotopic (exact) mass is 447 g/mol. The molecule has 4 aliphatic rings. The van der Waals surface area contributed by atoms with Gasteiger partial charge in [0.25, 0.3) is 0 Å². The summed E-state index contributed by atoms with van der Waals surface area (Å²) in [6.45, 7) is 12.4. The van der Waals surface area contributed by atoms with E-state index in [0.29, 0.717) is 5.41 Å². The zero-order valence-electron chi connectivity index (χ0n) is 21.4. The topological polar surface area (TPSA) is 81.5 Å². The van der Waals surface area contributed by atoms with E-state index in [1.165, 1.54) is 56.9 Å². The van der Waals surface area contributed by atoms with E-state index in [1.54, 1.807) is 0 Å². The molecular formula is C28H49NO3. The Balaban J connectivity index is 0.00000289. The third-order valence-electron chi connectivity index (χ3n) is 10.5. The van der Waals surface area contributed by atoms with E-state index in [9.17, 15) is 4.79 Å². The summed E-state index contributed by atoms with van der Waals surface area (Å²) in [5.74, 6) is 5.09. The molecule has 0 spiro atoms. The first-order valence-electron chi connectivity index (χ1n) is 13.2. The van der Waals surface area contributed by atoms with Gasteiger partial charge in [-0.15, -0.1) is 0 Å². The summed E-state index contributed by atoms with van der Waals surface area (Å²) >= 11 is 0. The molecule has 4 nitrogen and oxygen atoms in total. The smallest absolute Gasteiger partial charge is 0.450 e. The standard InChI is InChI=1S/C28H46O3.H3N/c1-18(2)7-6-8-19(3)23-11-12-24-22-10-9-20-17-21(31-26(29)30)13-15-27(20,4)25(22)14-16-28(23,24)5;/h9,18-19,21-25H,6-8,10-17H2,1-5H3,(H,29,30);1H3/t19-,21+,22+,23-,24+,25+,27+,28-;/m1./s1. The highest BCUT2D eigenvalue weighted by Gasteiger charge is 2.59. The predicted octanol–water partition coefficient (Wildman–Crippen LogP) is 8.25. The van der Waals surface area contributed by atoms with Crippen LogP contribution in [0.15, 0.2) is 11.6 Å². The quantitative estimate of drug-likeness (QED) is 0.317. The average Bonchev–Trinajstić information content (AvgIpc) is 3.05. The second kappa shape index (κ2) is 9.68. The van der Waals surface area contributed by atoms with Crippen LogP contribution in [0.1, 0.15) is 105 Å². The summed E-state index contributed by atoms with van der Waals surface area (Å²) < 4.78 is 5.17. The van der Waals surface area contributed by atoms with E-state index in [0.717, 1.165) is 54.8 Å². The van der Waals surface area contributed by atoms with Crippen molar-refractivity contribution in [2.24, 2.45) is 46.3 Å². The summed E-state index contributed by atoms with van der Waals surface area (Å²) in [6.07, 6.45) is 15.1. The number of allylic oxidation sites excluding steroid dienone is 1. The van der Waals surface area contributed by atoms with E-state index in [4.69, 9.17) is 9.84 Å². The fourth-order valence-corrected chi connectivity index (χ4v) is 8.90. The van der Waals surface area contributed by atoms with Crippen molar-refractivity contribution in [2.45, 2.75) is 111 Å². The molecule has 0 radical (unpaired) electrons. The zero-order chi connectivity index (χ0) is 22.4. The van der Waals surface area contributed by atoms with E-state index >= 15 is 0 Å². The molecule has 0 aromatic heterocycles. The molecule has 0 heterocycles. The van der Waals surface area contributed by atoms with Gasteiger partial charge in [0.1, 0.15) is 6.10 Å². The normalized spacial score (nSPS) is 41.6. The van der Waals surface area contributed by atoms with Crippen LogP contribution in [0, 0.1) is 46.3 Å². The molecule has 4 aliphatic carbocycles. The summed E-state index contributed by atoms with van der Waals surface area (Å²) in [6, 6.07) is 0. The molecule has 184 valence electrons. The summed E-state index contributed by atoms with van der Waals surface area (Å²) in [5, 5.41) is 9.05. The van der Waals surface area contributed by atoms with Crippen LogP contribution in [0.3, 0.4) is 0 Å². The van der Waals surface area contributed by atoms with Crippen LogP contribution in [0.5, 0.6) is 0 Å². The lowest BCUT2D eigenvalue weighted by Gasteiger charge is -2.58. The molecule has 3 fully saturated rings. The van der Waals surface area contributed by atoms with Crippen molar-refractivity contribution in [3.8, 4) is 0 Å². The van der Waals surface area contributed by atoms with Crippen LogP contribution < -0.4 is 6.15 Å². The Morgan fingerprint density at radius 3 is 2.53 bits per heavy atom. The van der Waals surface area contributed by atoms with Gasteiger partial charge in [0.2, 0.25) is 0 Å². The van der Waals surface area contributed by atoms with E-state index in [-0.39, 0.29) is 17.7 Å². The number of ether oxygens (including phenoxy) is 1. The van der Waals surface area contributed by atoms with Crippen LogP contribution >= 0.6 is 0 Å². The zero-order valence-corrected chi connectivity index (χ0v) is 21.4. The van der Waals surface area contributed by atoms with Crippen LogP contribution in [-0.2, 0) is 4.74 Å². The van der Waals surface area contributed by atoms with Crippen LogP contribution in [0.25, 0.3) is 0 Å². The van der Waals surface area contributed by atoms with Crippen molar-refractivity contribution in [2.75, 3.05) is 0 Å². The van der Waals surface area contributed by atoms with Gasteiger partial charge in [0.05, 0.1) is 0 Å². The van der Waals surface area contributed by atoms with Gasteiger partial charge in [0, 0.05) is 6.42 Å². The van der Waals surface area contributed by atoms with Crippen molar-refractivity contribution in [1.29, 1.82) is 0 Å². The lowest BCUT2D eigenvalue weighted by Crippen LogP contribution is -2.51. The minimum Gasteiger partial charge on any atom is -0.450 e. The van der Waals surface area contributed by atoms with Gasteiger partial charge in [-0.3, -0.25) is 0 Å². The summed E-state index contributed by atoms with van der Waals surface area (Å²) in [7, 11) is 0. The van der Waals surface area contributed by atoms with Crippen molar-refractivity contribution >= 4 is 6.16 Å². The molecule has 0 bridgehead atoms. The first kappa shape index (κ1) is 25.6. The summed E-state index contributed by atoms with van der Waals surface area (Å²) in [5.41, 5.74) is 2.30. The van der Waals surface area contributed by atoms with Gasteiger partial charge >= 0.3 is 6.16 Å². The number of hydrogen-bond donors (Lipinski definition) is 2. The average molecular weight is 448 g/mol. The van der Waals surface area contributed by atoms with Crippen molar-refractivity contribution in [3.63, 3.8) is 0 Å². The Labute approximate surface area is 196 Å². The molecule has 0 aromatic rings. The van der Waals surface area contributed by atoms with Gasteiger partial charge in [0.15, 0.2) is 0 Å². The Bertz CT molecular complexity index is 703. The second-order valence-corrected chi connectivity index (χ2v) is 12.5. The van der Waals surface area contributed by atoms with E-state index in [2.05, 4.69) is 40.7 Å². The minimum atomic E-state index is -1.11. The Morgan fingerprint density at radius 1 is 1.09 bits per heavy atom. The third-order valence-corrected chi connectivity index (χ3v) is 10.5. The van der Waals surface area contributed by atoms with Crippen LogP contribution in [0.2, 0.25) is 0 Å². The van der Waals surface area contributed by atoms with Gasteiger partial charge in [-0.25, -0.2) is 4.79 Å². The largest absolute Gasteiger partial charge is 0.506 e. The molecule has 32 heavy (non-hydrogen) atoms. The first-order valence-corrected chi connectivity index (χ1v) is 13.2. The van der Waals surface area contributed by atoms with Crippen molar-refractivity contribution in [1.82, 2.24) is 6.15 Å². The molecule has 3 saturated carbocycles. The van der Waals surface area contributed by atoms with Crippen LogP contribution in [-0.4, -0.2) is 17.4 Å². The highest BCUT2D eigenvalue weighted by atomic mass is 16.7. The molecule has 0 amide bonds. The number of carbonyl (C=O) groups is 1. The Hall–Kier alpha value is -1.03. The number of fused-ring (bicyclic) bond motifs is 5. The molecule has 0 unspecified atom stereocenters. The van der Waals surface area contributed by atoms with Crippen molar-refractivity contribution in [3.05, 3.63) is 11.6 Å². The third kappa shape index (κ3) is 4.50. The fourth-order valence-electron chi connectivity index (χ4n) is 8.90. The SMILES string of the molecule is CC(C)CCC[C@@H](C)[C@H]1CC[C@H]2[C@@H]3CC=C4C[C@@H](OC(=O)O)CC[C@]4(C)[C@H]3CC[C@]12C.N. The molecular weight excluding hydrogens is 398 g/mol. The maximum absolute atomic E-state index is 11.0. The van der Waals surface area contributed by atoms with Crippen LogP contribution in [0.4, 0.5) is 4.79 Å². The first-order chi connectivity index (χ1) is 14.6. The molecule has 8 atom stereocenters. The second-order valence-electron chi connectivity index (χ2n) is 12.5. The van der Waals surface area contributed by atoms with Gasteiger partial charge in [-0.05, 0) is 91.3 Å². The predicted molar refractivity (Wildman–Crippen MR) is 131 cm³/mol. The maximum atomic E-state index is 11.0. The van der Waals surface area contributed by atoms with Gasteiger partial charge in [-0.2, -0.15) is 0 Å². The Morgan fingerprint density at radius 2 is 1.84 bits per heavy atom. The van der Waals surface area contributed by atoms with E-state index < -0.39 is 6.16 Å². The Kier molecular flexibility index (Phi) is 7.74.